The van der Waals surface area contributed by atoms with Gasteiger partial charge < -0.3 is 10.2 Å². The molecule has 0 unspecified atom stereocenters. The Morgan fingerprint density at radius 2 is 1.59 bits per heavy atom. The Balaban J connectivity index is 1.60. The topological polar surface area (TPSA) is 49.4 Å². The van der Waals surface area contributed by atoms with Crippen LogP contribution in [-0.4, -0.2) is 35.8 Å². The molecule has 0 bridgehead atoms. The van der Waals surface area contributed by atoms with Crippen LogP contribution in [-0.2, 0) is 9.59 Å². The summed E-state index contributed by atoms with van der Waals surface area (Å²) in [6.07, 6.45) is 1.15. The van der Waals surface area contributed by atoms with E-state index in [-0.39, 0.29) is 29.7 Å². The lowest BCUT2D eigenvalue weighted by Gasteiger charge is -2.21. The van der Waals surface area contributed by atoms with Crippen molar-refractivity contribution in [1.82, 2.24) is 10.2 Å². The fourth-order valence-electron chi connectivity index (χ4n) is 3.79. The van der Waals surface area contributed by atoms with Gasteiger partial charge in [0.05, 0.1) is 5.92 Å². The first-order valence-electron chi connectivity index (χ1n) is 9.73. The Bertz CT molecular complexity index is 719. The molecule has 1 aliphatic rings. The number of hydrogen-bond donors (Lipinski definition) is 1. The molecule has 4 nitrogen and oxygen atoms in total. The van der Waals surface area contributed by atoms with Crippen LogP contribution >= 0.6 is 0 Å². The largest absolute Gasteiger partial charge is 0.356 e. The molecule has 27 heavy (non-hydrogen) atoms. The first kappa shape index (κ1) is 19.2. The highest BCUT2D eigenvalue weighted by molar-refractivity contribution is 5.89. The highest BCUT2D eigenvalue weighted by Gasteiger charge is 2.35. The summed E-state index contributed by atoms with van der Waals surface area (Å²) >= 11 is 0. The fraction of sp³-hybridized carbons (Fsp3) is 0.391. The van der Waals surface area contributed by atoms with Crippen LogP contribution in [0.5, 0.6) is 0 Å². The minimum absolute atomic E-state index is 0.00799. The van der Waals surface area contributed by atoms with Crippen molar-refractivity contribution >= 4 is 11.8 Å². The lowest BCUT2D eigenvalue weighted by molar-refractivity contribution is -0.129. The van der Waals surface area contributed by atoms with Gasteiger partial charge in [-0.1, -0.05) is 60.7 Å². The second kappa shape index (κ2) is 8.85. The second-order valence-electron chi connectivity index (χ2n) is 7.49. The molecular formula is C23H28N2O2. The summed E-state index contributed by atoms with van der Waals surface area (Å²) in [7, 11) is 0. The van der Waals surface area contributed by atoms with Crippen LogP contribution in [0.4, 0.5) is 0 Å². The molecule has 0 saturated carbocycles. The number of nitrogens with one attached hydrogen (secondary N) is 1. The maximum Gasteiger partial charge on any atom is 0.225 e. The van der Waals surface area contributed by atoms with E-state index in [2.05, 4.69) is 53.8 Å². The van der Waals surface area contributed by atoms with Crippen molar-refractivity contribution in [2.75, 3.05) is 13.1 Å². The second-order valence-corrected chi connectivity index (χ2v) is 7.49. The van der Waals surface area contributed by atoms with Crippen molar-refractivity contribution in [3.8, 4) is 0 Å². The predicted molar refractivity (Wildman–Crippen MR) is 107 cm³/mol. The van der Waals surface area contributed by atoms with E-state index in [1.165, 1.54) is 11.1 Å². The van der Waals surface area contributed by atoms with E-state index >= 15 is 0 Å². The van der Waals surface area contributed by atoms with E-state index in [1.54, 1.807) is 4.90 Å². The first-order valence-corrected chi connectivity index (χ1v) is 9.73. The molecule has 2 aromatic rings. The minimum atomic E-state index is -0.230. The molecule has 142 valence electrons. The lowest BCUT2D eigenvalue weighted by Crippen LogP contribution is -2.36. The highest BCUT2D eigenvalue weighted by Crippen LogP contribution is 2.27. The molecule has 2 aromatic carbocycles. The van der Waals surface area contributed by atoms with E-state index in [9.17, 15) is 9.59 Å². The number of likely N-dealkylation sites (tertiary alicyclic amines) is 1. The third-order valence-electron chi connectivity index (χ3n) is 5.29. The Morgan fingerprint density at radius 1 is 1.04 bits per heavy atom. The van der Waals surface area contributed by atoms with Crippen LogP contribution < -0.4 is 5.32 Å². The monoisotopic (exact) mass is 364 g/mol. The van der Waals surface area contributed by atoms with Crippen molar-refractivity contribution in [2.45, 2.75) is 38.6 Å². The predicted octanol–water partition coefficient (Wildman–Crippen LogP) is 3.58. The van der Waals surface area contributed by atoms with Crippen LogP contribution in [0.15, 0.2) is 60.7 Å². The average molecular weight is 364 g/mol. The van der Waals surface area contributed by atoms with Gasteiger partial charge in [-0.15, -0.1) is 0 Å². The molecule has 0 radical (unpaired) electrons. The van der Waals surface area contributed by atoms with E-state index < -0.39 is 0 Å². The van der Waals surface area contributed by atoms with Gasteiger partial charge in [-0.05, 0) is 31.4 Å². The molecule has 1 heterocycles. The lowest BCUT2D eigenvalue weighted by atomic mass is 9.88. The van der Waals surface area contributed by atoms with Gasteiger partial charge in [0.1, 0.15) is 0 Å². The smallest absolute Gasteiger partial charge is 0.225 e. The van der Waals surface area contributed by atoms with Crippen LogP contribution in [0.2, 0.25) is 0 Å². The molecule has 1 atom stereocenters. The number of amides is 2. The van der Waals surface area contributed by atoms with Crippen molar-refractivity contribution < 1.29 is 9.59 Å². The Kier molecular flexibility index (Phi) is 6.28. The van der Waals surface area contributed by atoms with E-state index in [0.717, 1.165) is 6.42 Å². The van der Waals surface area contributed by atoms with E-state index in [1.807, 2.05) is 26.0 Å². The molecule has 1 aliphatic heterocycles. The molecule has 1 saturated heterocycles. The summed E-state index contributed by atoms with van der Waals surface area (Å²) in [6.45, 7) is 5.10. The molecule has 3 rings (SSSR count). The fourth-order valence-corrected chi connectivity index (χ4v) is 3.79. The number of rotatable bonds is 7. The Morgan fingerprint density at radius 3 is 2.07 bits per heavy atom. The zero-order chi connectivity index (χ0) is 19.2. The van der Waals surface area contributed by atoms with Gasteiger partial charge in [0.2, 0.25) is 11.8 Å². The van der Waals surface area contributed by atoms with Crippen LogP contribution in [0, 0.1) is 5.92 Å². The summed E-state index contributed by atoms with van der Waals surface area (Å²) in [5.41, 5.74) is 2.50. The SMILES string of the molecule is CC(C)N1C[C@@H](C(=O)NCCC(c2ccccc2)c2ccccc2)CC1=O. The highest BCUT2D eigenvalue weighted by atomic mass is 16.2. The van der Waals surface area contributed by atoms with Gasteiger partial charge in [0.15, 0.2) is 0 Å². The zero-order valence-electron chi connectivity index (χ0n) is 16.1. The number of benzene rings is 2. The number of nitrogens with zero attached hydrogens (tertiary/aromatic N) is 1. The third kappa shape index (κ3) is 4.76. The molecule has 0 spiro atoms. The summed E-state index contributed by atoms with van der Waals surface area (Å²) in [5.74, 6) is 0.0832. The van der Waals surface area contributed by atoms with E-state index in [0.29, 0.717) is 19.5 Å². The Hall–Kier alpha value is -2.62. The molecule has 4 heteroatoms. The molecule has 1 N–H and O–H groups in total. The Labute approximate surface area is 161 Å². The number of hydrogen-bond acceptors (Lipinski definition) is 2. The first-order chi connectivity index (χ1) is 13.1. The average Bonchev–Trinajstić information content (AvgIpc) is 3.08. The number of carbonyl (C=O) groups is 2. The molecule has 0 aliphatic carbocycles. The van der Waals surface area contributed by atoms with Crippen molar-refractivity contribution in [1.29, 1.82) is 0 Å². The van der Waals surface area contributed by atoms with Crippen LogP contribution in [0.25, 0.3) is 0 Å². The van der Waals surface area contributed by atoms with Gasteiger partial charge in [-0.25, -0.2) is 0 Å². The van der Waals surface area contributed by atoms with Gasteiger partial charge in [-0.2, -0.15) is 0 Å². The normalized spacial score (nSPS) is 17.0. The van der Waals surface area contributed by atoms with Crippen LogP contribution in [0.3, 0.4) is 0 Å². The summed E-state index contributed by atoms with van der Waals surface area (Å²) < 4.78 is 0. The van der Waals surface area contributed by atoms with Gasteiger partial charge in [0.25, 0.3) is 0 Å². The molecule has 1 fully saturated rings. The molecule has 0 aromatic heterocycles. The minimum Gasteiger partial charge on any atom is -0.356 e. The zero-order valence-corrected chi connectivity index (χ0v) is 16.1. The number of carbonyl (C=O) groups excluding carboxylic acids is 2. The third-order valence-corrected chi connectivity index (χ3v) is 5.29. The van der Waals surface area contributed by atoms with E-state index in [4.69, 9.17) is 0 Å². The maximum absolute atomic E-state index is 12.5. The van der Waals surface area contributed by atoms with Gasteiger partial charge >= 0.3 is 0 Å². The van der Waals surface area contributed by atoms with Crippen molar-refractivity contribution in [3.63, 3.8) is 0 Å². The molecule has 2 amide bonds. The van der Waals surface area contributed by atoms with Gasteiger partial charge in [-0.3, -0.25) is 9.59 Å². The summed E-state index contributed by atoms with van der Waals surface area (Å²) in [5, 5.41) is 3.06. The maximum atomic E-state index is 12.5. The van der Waals surface area contributed by atoms with Crippen molar-refractivity contribution in [3.05, 3.63) is 71.8 Å². The van der Waals surface area contributed by atoms with Crippen molar-refractivity contribution in [2.24, 2.45) is 5.92 Å². The quantitative estimate of drug-likeness (QED) is 0.816. The summed E-state index contributed by atoms with van der Waals surface area (Å²) in [4.78, 5) is 26.3. The van der Waals surface area contributed by atoms with Crippen LogP contribution in [0.1, 0.15) is 43.7 Å². The molecular weight excluding hydrogens is 336 g/mol. The van der Waals surface area contributed by atoms with Gasteiger partial charge in [0, 0.05) is 31.5 Å². The standard InChI is InChI=1S/C23H28N2O2/c1-17(2)25-16-20(15-22(25)26)23(27)24-14-13-21(18-9-5-3-6-10-18)19-11-7-4-8-12-19/h3-12,17,20-21H,13-16H2,1-2H3,(H,24,27)/t20-/m0/s1. The summed E-state index contributed by atoms with van der Waals surface area (Å²) in [6, 6.07) is 20.9.